The summed E-state index contributed by atoms with van der Waals surface area (Å²) in [5.41, 5.74) is 7.60. The second-order valence-corrected chi connectivity index (χ2v) is 3.32. The van der Waals surface area contributed by atoms with Gasteiger partial charge in [-0.3, -0.25) is 0 Å². The van der Waals surface area contributed by atoms with Gasteiger partial charge in [0.2, 0.25) is 0 Å². The minimum absolute atomic E-state index is 0.246. The van der Waals surface area contributed by atoms with Crippen LogP contribution in [0.3, 0.4) is 0 Å². The Labute approximate surface area is 79.0 Å². The van der Waals surface area contributed by atoms with Gasteiger partial charge in [0.1, 0.15) is 0 Å². The van der Waals surface area contributed by atoms with E-state index in [1.54, 1.807) is 0 Å². The molecule has 1 rings (SSSR count). The van der Waals surface area contributed by atoms with Gasteiger partial charge >= 0.3 is 0 Å². The van der Waals surface area contributed by atoms with Crippen molar-refractivity contribution >= 4 is 0 Å². The third kappa shape index (κ3) is 3.27. The summed E-state index contributed by atoms with van der Waals surface area (Å²) in [6.07, 6.45) is 1.98. The van der Waals surface area contributed by atoms with Gasteiger partial charge in [-0.15, -0.1) is 0 Å². The van der Waals surface area contributed by atoms with Crippen molar-refractivity contribution < 1.29 is 0 Å². The molecule has 0 aliphatic carbocycles. The van der Waals surface area contributed by atoms with Gasteiger partial charge in [-0.05, 0) is 37.5 Å². The normalized spacial score (nSPS) is 12.1. The second-order valence-electron chi connectivity index (χ2n) is 3.32. The van der Waals surface area contributed by atoms with E-state index in [1.165, 1.54) is 5.56 Å². The van der Waals surface area contributed by atoms with Crippen molar-refractivity contribution in [2.24, 2.45) is 5.73 Å². The average molecular weight is 174 g/mol. The van der Waals surface area contributed by atoms with Crippen LogP contribution >= 0.6 is 0 Å². The predicted octanol–water partition coefficient (Wildman–Crippen LogP) is 1.84. The van der Waals surface area contributed by atoms with Crippen LogP contribution in [-0.2, 0) is 6.42 Å². The van der Waals surface area contributed by atoms with Crippen LogP contribution in [-0.4, -0.2) is 6.04 Å². The summed E-state index contributed by atoms with van der Waals surface area (Å²) in [5.74, 6) is 0. The Hall–Kier alpha value is -1.33. The van der Waals surface area contributed by atoms with E-state index >= 15 is 0 Å². The first-order chi connectivity index (χ1) is 6.22. The van der Waals surface area contributed by atoms with Crippen LogP contribution in [0.5, 0.6) is 0 Å². The van der Waals surface area contributed by atoms with Crippen molar-refractivity contribution in [3.05, 3.63) is 35.4 Å². The molecular formula is C11H14N2. The minimum Gasteiger partial charge on any atom is -0.328 e. The second kappa shape index (κ2) is 4.64. The average Bonchev–Trinajstić information content (AvgIpc) is 2.15. The molecule has 0 fully saturated rings. The van der Waals surface area contributed by atoms with E-state index in [4.69, 9.17) is 11.0 Å². The maximum atomic E-state index is 8.58. The van der Waals surface area contributed by atoms with Crippen molar-refractivity contribution in [1.82, 2.24) is 0 Å². The Morgan fingerprint density at radius 2 is 2.00 bits per heavy atom. The molecule has 0 bridgehead atoms. The van der Waals surface area contributed by atoms with Gasteiger partial charge in [0.05, 0.1) is 11.6 Å². The van der Waals surface area contributed by atoms with Crippen LogP contribution in [0.1, 0.15) is 24.5 Å². The Bertz CT molecular complexity index is 293. The van der Waals surface area contributed by atoms with E-state index in [9.17, 15) is 0 Å². The number of aryl methyl sites for hydroxylation is 1. The fraction of sp³-hybridized carbons (Fsp3) is 0.364. The number of benzene rings is 1. The van der Waals surface area contributed by atoms with E-state index in [1.807, 2.05) is 31.2 Å². The van der Waals surface area contributed by atoms with Gasteiger partial charge in [0.15, 0.2) is 0 Å². The lowest BCUT2D eigenvalue weighted by molar-refractivity contribution is 0.666. The monoisotopic (exact) mass is 174 g/mol. The van der Waals surface area contributed by atoms with Gasteiger partial charge < -0.3 is 5.73 Å². The number of nitrogens with two attached hydrogens (primary N) is 1. The smallest absolute Gasteiger partial charge is 0.0991 e. The molecule has 0 radical (unpaired) electrons. The maximum absolute atomic E-state index is 8.58. The fourth-order valence-electron chi connectivity index (χ4n) is 1.14. The molecule has 0 heterocycles. The highest BCUT2D eigenvalue weighted by Crippen LogP contribution is 2.06. The summed E-state index contributed by atoms with van der Waals surface area (Å²) < 4.78 is 0. The molecule has 0 spiro atoms. The molecule has 2 N–H and O–H groups in total. The van der Waals surface area contributed by atoms with Crippen LogP contribution in [0.2, 0.25) is 0 Å². The molecule has 0 saturated carbocycles. The van der Waals surface area contributed by atoms with Gasteiger partial charge in [-0.2, -0.15) is 5.26 Å². The molecule has 1 unspecified atom stereocenters. The highest BCUT2D eigenvalue weighted by atomic mass is 14.6. The van der Waals surface area contributed by atoms with Gasteiger partial charge in [0.25, 0.3) is 0 Å². The number of hydrogen-bond donors (Lipinski definition) is 1. The van der Waals surface area contributed by atoms with Crippen LogP contribution in [0.25, 0.3) is 0 Å². The molecule has 68 valence electrons. The van der Waals surface area contributed by atoms with Crippen molar-refractivity contribution in [2.45, 2.75) is 25.8 Å². The third-order valence-corrected chi connectivity index (χ3v) is 1.97. The number of nitriles is 1. The third-order valence-electron chi connectivity index (χ3n) is 1.97. The zero-order valence-electron chi connectivity index (χ0n) is 7.83. The summed E-state index contributed by atoms with van der Waals surface area (Å²) in [6.45, 7) is 2.00. The van der Waals surface area contributed by atoms with Crippen LogP contribution in [0.15, 0.2) is 24.3 Å². The summed E-state index contributed by atoms with van der Waals surface area (Å²) in [6, 6.07) is 10.0. The SMILES string of the molecule is CC(N)CCc1ccc(C#N)cc1. The molecule has 0 amide bonds. The molecular weight excluding hydrogens is 160 g/mol. The molecule has 0 aromatic heterocycles. The summed E-state index contributed by atoms with van der Waals surface area (Å²) in [4.78, 5) is 0. The van der Waals surface area contributed by atoms with Crippen molar-refractivity contribution in [3.63, 3.8) is 0 Å². The molecule has 13 heavy (non-hydrogen) atoms. The Morgan fingerprint density at radius 1 is 1.38 bits per heavy atom. The Balaban J connectivity index is 2.55. The zero-order valence-corrected chi connectivity index (χ0v) is 7.83. The summed E-state index contributed by atoms with van der Waals surface area (Å²) in [5, 5.41) is 8.58. The van der Waals surface area contributed by atoms with Crippen LogP contribution in [0.4, 0.5) is 0 Å². The molecule has 1 aromatic carbocycles. The first-order valence-corrected chi connectivity index (χ1v) is 4.47. The molecule has 1 atom stereocenters. The van der Waals surface area contributed by atoms with Gasteiger partial charge in [-0.1, -0.05) is 12.1 Å². The van der Waals surface area contributed by atoms with Gasteiger partial charge in [0, 0.05) is 6.04 Å². The largest absolute Gasteiger partial charge is 0.328 e. The number of rotatable bonds is 3. The lowest BCUT2D eigenvalue weighted by Crippen LogP contribution is -2.15. The van der Waals surface area contributed by atoms with E-state index < -0.39 is 0 Å². The predicted molar refractivity (Wildman–Crippen MR) is 53.1 cm³/mol. The molecule has 0 saturated heterocycles. The lowest BCUT2D eigenvalue weighted by Gasteiger charge is -2.04. The Kier molecular flexibility index (Phi) is 3.48. The van der Waals surface area contributed by atoms with E-state index in [0.717, 1.165) is 12.8 Å². The highest BCUT2D eigenvalue weighted by molar-refractivity contribution is 5.31. The van der Waals surface area contributed by atoms with Crippen LogP contribution < -0.4 is 5.73 Å². The first kappa shape index (κ1) is 9.76. The topological polar surface area (TPSA) is 49.8 Å². The highest BCUT2D eigenvalue weighted by Gasteiger charge is 1.96. The molecule has 2 nitrogen and oxygen atoms in total. The minimum atomic E-state index is 0.246. The quantitative estimate of drug-likeness (QED) is 0.760. The summed E-state index contributed by atoms with van der Waals surface area (Å²) >= 11 is 0. The van der Waals surface area contributed by atoms with E-state index in [0.29, 0.717) is 5.56 Å². The van der Waals surface area contributed by atoms with Gasteiger partial charge in [-0.25, -0.2) is 0 Å². The molecule has 0 aliphatic heterocycles. The standard InChI is InChI=1S/C11H14N2/c1-9(13)2-3-10-4-6-11(8-12)7-5-10/h4-7,9H,2-3,13H2,1H3. The lowest BCUT2D eigenvalue weighted by atomic mass is 10.1. The number of nitrogens with zero attached hydrogens (tertiary/aromatic N) is 1. The van der Waals surface area contributed by atoms with Crippen molar-refractivity contribution in [2.75, 3.05) is 0 Å². The fourth-order valence-corrected chi connectivity index (χ4v) is 1.14. The first-order valence-electron chi connectivity index (χ1n) is 4.47. The molecule has 1 aromatic rings. The maximum Gasteiger partial charge on any atom is 0.0991 e. The zero-order chi connectivity index (χ0) is 9.68. The summed E-state index contributed by atoms with van der Waals surface area (Å²) in [7, 11) is 0. The number of hydrogen-bond acceptors (Lipinski definition) is 2. The van der Waals surface area contributed by atoms with E-state index in [2.05, 4.69) is 6.07 Å². The Morgan fingerprint density at radius 3 is 2.46 bits per heavy atom. The van der Waals surface area contributed by atoms with E-state index in [-0.39, 0.29) is 6.04 Å². The molecule has 0 aliphatic rings. The van der Waals surface area contributed by atoms with Crippen LogP contribution in [0, 0.1) is 11.3 Å². The van der Waals surface area contributed by atoms with Crippen molar-refractivity contribution in [3.8, 4) is 6.07 Å². The molecule has 2 heteroatoms. The van der Waals surface area contributed by atoms with Crippen molar-refractivity contribution in [1.29, 1.82) is 5.26 Å².